The van der Waals surface area contributed by atoms with Gasteiger partial charge in [-0.15, -0.1) is 6.58 Å². The summed E-state index contributed by atoms with van der Waals surface area (Å²) in [7, 11) is 0. The first-order chi connectivity index (χ1) is 13.0. The highest BCUT2D eigenvalue weighted by molar-refractivity contribution is 6.01. The molecule has 27 heavy (non-hydrogen) atoms. The fourth-order valence-corrected chi connectivity index (χ4v) is 2.16. The first-order valence-corrected chi connectivity index (χ1v) is 8.42. The summed E-state index contributed by atoms with van der Waals surface area (Å²) in [6.45, 7) is 5.49. The molecule has 140 valence electrons. The van der Waals surface area contributed by atoms with Gasteiger partial charge in [-0.25, -0.2) is 4.79 Å². The Morgan fingerprint density at radius 1 is 0.963 bits per heavy atom. The molecule has 0 aliphatic carbocycles. The van der Waals surface area contributed by atoms with Crippen molar-refractivity contribution in [2.24, 2.45) is 0 Å². The average Bonchev–Trinajstić information content (AvgIpc) is 2.68. The van der Waals surface area contributed by atoms with Crippen LogP contribution in [0.15, 0.2) is 67.3 Å². The van der Waals surface area contributed by atoms with Gasteiger partial charge in [-0.1, -0.05) is 24.3 Å². The van der Waals surface area contributed by atoms with Crippen molar-refractivity contribution in [3.63, 3.8) is 0 Å². The van der Waals surface area contributed by atoms with Gasteiger partial charge in [0, 0.05) is 23.5 Å². The Kier molecular flexibility index (Phi) is 7.13. The van der Waals surface area contributed by atoms with Crippen LogP contribution in [0.4, 0.5) is 16.2 Å². The molecule has 4 N–H and O–H groups in total. The molecule has 4 amide bonds. The van der Waals surface area contributed by atoms with Crippen molar-refractivity contribution in [2.45, 2.75) is 13.0 Å². The van der Waals surface area contributed by atoms with E-state index in [0.717, 1.165) is 0 Å². The highest BCUT2D eigenvalue weighted by atomic mass is 16.2. The smallest absolute Gasteiger partial charge is 0.319 e. The van der Waals surface area contributed by atoms with Gasteiger partial charge in [0.05, 0.1) is 0 Å². The van der Waals surface area contributed by atoms with E-state index < -0.39 is 6.04 Å². The molecule has 0 fully saturated rings. The number of nitrogens with one attached hydrogen (secondary N) is 4. The van der Waals surface area contributed by atoms with Crippen LogP contribution >= 0.6 is 0 Å². The Balaban J connectivity index is 1.86. The summed E-state index contributed by atoms with van der Waals surface area (Å²) in [6, 6.07) is 14.3. The van der Waals surface area contributed by atoms with E-state index in [0.29, 0.717) is 23.5 Å². The molecule has 0 saturated carbocycles. The minimum Gasteiger partial charge on any atom is -0.341 e. The summed E-state index contributed by atoms with van der Waals surface area (Å²) in [4.78, 5) is 35.9. The molecule has 0 aliphatic heterocycles. The highest BCUT2D eigenvalue weighted by Gasteiger charge is 2.16. The van der Waals surface area contributed by atoms with Crippen LogP contribution in [0.1, 0.15) is 17.3 Å². The molecule has 0 saturated heterocycles. The highest BCUT2D eigenvalue weighted by Crippen LogP contribution is 2.13. The predicted octanol–water partition coefficient (Wildman–Crippen LogP) is 2.75. The van der Waals surface area contributed by atoms with Crippen LogP contribution in [0, 0.1) is 0 Å². The molecule has 1 atom stereocenters. The van der Waals surface area contributed by atoms with Crippen LogP contribution in [0.3, 0.4) is 0 Å². The molecule has 2 aromatic rings. The quantitative estimate of drug-likeness (QED) is 0.567. The van der Waals surface area contributed by atoms with Gasteiger partial charge in [0.15, 0.2) is 0 Å². The third kappa shape index (κ3) is 6.32. The van der Waals surface area contributed by atoms with E-state index in [1.807, 2.05) is 6.07 Å². The van der Waals surface area contributed by atoms with Gasteiger partial charge in [-0.3, -0.25) is 9.59 Å². The predicted molar refractivity (Wildman–Crippen MR) is 106 cm³/mol. The summed E-state index contributed by atoms with van der Waals surface area (Å²) in [6.07, 6.45) is 1.58. The van der Waals surface area contributed by atoms with E-state index in [-0.39, 0.29) is 17.8 Å². The number of urea groups is 1. The van der Waals surface area contributed by atoms with E-state index >= 15 is 0 Å². The number of carbonyl (C=O) groups is 3. The average molecular weight is 366 g/mol. The Morgan fingerprint density at radius 2 is 1.56 bits per heavy atom. The Labute approximate surface area is 157 Å². The number of amides is 4. The third-order valence-corrected chi connectivity index (χ3v) is 3.59. The van der Waals surface area contributed by atoms with E-state index in [2.05, 4.69) is 27.8 Å². The number of rotatable bonds is 7. The van der Waals surface area contributed by atoms with Crippen molar-refractivity contribution in [1.82, 2.24) is 10.6 Å². The molecule has 0 radical (unpaired) electrons. The maximum atomic E-state index is 12.2. The summed E-state index contributed by atoms with van der Waals surface area (Å²) in [5, 5.41) is 10.6. The molecule has 7 nitrogen and oxygen atoms in total. The number of hydrogen-bond acceptors (Lipinski definition) is 3. The largest absolute Gasteiger partial charge is 0.341 e. The monoisotopic (exact) mass is 366 g/mol. The zero-order valence-electron chi connectivity index (χ0n) is 15.0. The summed E-state index contributed by atoms with van der Waals surface area (Å²) in [5.74, 6) is -0.660. The van der Waals surface area contributed by atoms with E-state index in [9.17, 15) is 14.4 Å². The van der Waals surface area contributed by atoms with Crippen molar-refractivity contribution < 1.29 is 14.4 Å². The summed E-state index contributed by atoms with van der Waals surface area (Å²) < 4.78 is 0. The lowest BCUT2D eigenvalue weighted by molar-refractivity contribution is -0.117. The van der Waals surface area contributed by atoms with Crippen molar-refractivity contribution in [3.8, 4) is 0 Å². The second-order valence-electron chi connectivity index (χ2n) is 5.75. The normalized spacial score (nSPS) is 11.0. The van der Waals surface area contributed by atoms with E-state index in [1.54, 1.807) is 61.5 Å². The lowest BCUT2D eigenvalue weighted by atomic mass is 10.2. The molecule has 2 rings (SSSR count). The lowest BCUT2D eigenvalue weighted by Gasteiger charge is -2.14. The second kappa shape index (κ2) is 9.76. The van der Waals surface area contributed by atoms with Crippen LogP contribution in [0.25, 0.3) is 0 Å². The first-order valence-electron chi connectivity index (χ1n) is 8.42. The Bertz CT molecular complexity index is 804. The topological polar surface area (TPSA) is 99.3 Å². The van der Waals surface area contributed by atoms with Crippen LogP contribution < -0.4 is 21.3 Å². The van der Waals surface area contributed by atoms with Gasteiger partial charge in [-0.05, 0) is 43.3 Å². The maximum absolute atomic E-state index is 12.2. The van der Waals surface area contributed by atoms with Crippen LogP contribution in [-0.2, 0) is 4.79 Å². The van der Waals surface area contributed by atoms with Gasteiger partial charge < -0.3 is 21.3 Å². The zero-order chi connectivity index (χ0) is 19.6. The molecule has 0 aliphatic rings. The molecule has 7 heteroatoms. The fraction of sp³-hybridized carbons (Fsp3) is 0.150. The lowest BCUT2D eigenvalue weighted by Crippen LogP contribution is -2.41. The Morgan fingerprint density at radius 3 is 2.15 bits per heavy atom. The van der Waals surface area contributed by atoms with Gasteiger partial charge in [-0.2, -0.15) is 0 Å². The van der Waals surface area contributed by atoms with Gasteiger partial charge >= 0.3 is 6.03 Å². The van der Waals surface area contributed by atoms with E-state index in [1.165, 1.54) is 0 Å². The molecular weight excluding hydrogens is 344 g/mol. The van der Waals surface area contributed by atoms with Crippen molar-refractivity contribution >= 4 is 29.2 Å². The number of benzene rings is 2. The van der Waals surface area contributed by atoms with Crippen LogP contribution in [0.2, 0.25) is 0 Å². The van der Waals surface area contributed by atoms with Gasteiger partial charge in [0.2, 0.25) is 5.91 Å². The van der Waals surface area contributed by atoms with Crippen molar-refractivity contribution in [1.29, 1.82) is 0 Å². The maximum Gasteiger partial charge on any atom is 0.319 e. The number of carbonyl (C=O) groups excluding carboxylic acids is 3. The summed E-state index contributed by atoms with van der Waals surface area (Å²) >= 11 is 0. The van der Waals surface area contributed by atoms with Gasteiger partial charge in [0.25, 0.3) is 5.91 Å². The minimum absolute atomic E-state index is 0.316. The molecular formula is C20H22N4O3. The van der Waals surface area contributed by atoms with Crippen LogP contribution in [-0.4, -0.2) is 30.4 Å². The molecule has 2 aromatic carbocycles. The fourth-order valence-electron chi connectivity index (χ4n) is 2.16. The Hall–Kier alpha value is -3.61. The standard InChI is InChI=1S/C20H22N4O3/c1-3-13-21-20(27)24-17-11-9-16(10-12-17)23-18(25)14(2)22-19(26)15-7-5-4-6-8-15/h3-12,14H,1,13H2,2H3,(H,22,26)(H,23,25)(H2,21,24,27). The minimum atomic E-state index is -0.708. The van der Waals surface area contributed by atoms with Crippen molar-refractivity contribution in [3.05, 3.63) is 72.8 Å². The molecule has 1 unspecified atom stereocenters. The van der Waals surface area contributed by atoms with Crippen LogP contribution in [0.5, 0.6) is 0 Å². The van der Waals surface area contributed by atoms with Gasteiger partial charge in [0.1, 0.15) is 6.04 Å². The molecule has 0 spiro atoms. The van der Waals surface area contributed by atoms with E-state index in [4.69, 9.17) is 0 Å². The zero-order valence-corrected chi connectivity index (χ0v) is 15.0. The molecule has 0 aromatic heterocycles. The third-order valence-electron chi connectivity index (χ3n) is 3.59. The summed E-state index contributed by atoms with van der Waals surface area (Å²) in [5.41, 5.74) is 1.63. The first kappa shape index (κ1) is 19.7. The number of anilines is 2. The molecule has 0 bridgehead atoms. The van der Waals surface area contributed by atoms with Crippen molar-refractivity contribution in [2.75, 3.05) is 17.2 Å². The number of hydrogen-bond donors (Lipinski definition) is 4. The second-order valence-corrected chi connectivity index (χ2v) is 5.75. The SMILES string of the molecule is C=CCNC(=O)Nc1ccc(NC(=O)C(C)NC(=O)c2ccccc2)cc1. The molecule has 0 heterocycles.